The van der Waals surface area contributed by atoms with Gasteiger partial charge in [0.05, 0.1) is 49.2 Å². The van der Waals surface area contributed by atoms with Crippen LogP contribution in [0.2, 0.25) is 5.02 Å². The van der Waals surface area contributed by atoms with Crippen molar-refractivity contribution in [2.45, 2.75) is 32.2 Å². The second kappa shape index (κ2) is 6.40. The highest BCUT2D eigenvalue weighted by atomic mass is 35.5. The van der Waals surface area contributed by atoms with E-state index >= 15 is 0 Å². The van der Waals surface area contributed by atoms with E-state index < -0.39 is 0 Å². The van der Waals surface area contributed by atoms with Crippen LogP contribution < -0.4 is 4.90 Å². The number of likely N-dealkylation sites (N-methyl/N-ethyl adjacent to an activating group) is 1. The van der Waals surface area contributed by atoms with Crippen molar-refractivity contribution < 1.29 is 9.28 Å². The van der Waals surface area contributed by atoms with Crippen molar-refractivity contribution in [3.63, 3.8) is 0 Å². The van der Waals surface area contributed by atoms with Gasteiger partial charge in [0.15, 0.2) is 0 Å². The predicted molar refractivity (Wildman–Crippen MR) is 107 cm³/mol. The Bertz CT molecular complexity index is 865. The van der Waals surface area contributed by atoms with Crippen LogP contribution in [-0.2, 0) is 0 Å². The number of hydrogen-bond acceptors (Lipinski definition) is 1. The van der Waals surface area contributed by atoms with E-state index in [0.29, 0.717) is 16.5 Å². The number of halogens is 1. The second-order valence-corrected chi connectivity index (χ2v) is 8.43. The summed E-state index contributed by atoms with van der Waals surface area (Å²) in [5.74, 6) is 0.427. The van der Waals surface area contributed by atoms with Crippen molar-refractivity contribution in [1.29, 1.82) is 0 Å². The lowest BCUT2D eigenvalue weighted by atomic mass is 9.87. The van der Waals surface area contributed by atoms with Gasteiger partial charge in [-0.3, -0.25) is 4.79 Å². The number of carbonyl (C=O) groups is 1. The Morgan fingerprint density at radius 2 is 2.04 bits per heavy atom. The van der Waals surface area contributed by atoms with Gasteiger partial charge in [-0.25, -0.2) is 0 Å². The fourth-order valence-corrected chi connectivity index (χ4v) is 4.84. The Morgan fingerprint density at radius 3 is 2.77 bits per heavy atom. The molecule has 0 bridgehead atoms. The molecule has 4 heteroatoms. The summed E-state index contributed by atoms with van der Waals surface area (Å²) in [6.07, 6.45) is 1.03. The molecular weight excluding hydrogens is 344 g/mol. The molecule has 1 amide bonds. The minimum absolute atomic E-state index is 0.0285. The summed E-state index contributed by atoms with van der Waals surface area (Å²) < 4.78 is 1.07. The number of piperidine rings is 1. The zero-order valence-corrected chi connectivity index (χ0v) is 16.5. The molecule has 0 aliphatic carbocycles. The highest BCUT2D eigenvalue weighted by Gasteiger charge is 2.48. The monoisotopic (exact) mass is 369 g/mol. The molecule has 0 saturated carbocycles. The van der Waals surface area contributed by atoms with Crippen LogP contribution in [0.25, 0.3) is 0 Å². The molecule has 0 N–H and O–H groups in total. The van der Waals surface area contributed by atoms with Gasteiger partial charge < -0.3 is 9.38 Å². The number of rotatable bonds is 2. The van der Waals surface area contributed by atoms with E-state index in [2.05, 4.69) is 39.1 Å². The molecule has 1 fully saturated rings. The topological polar surface area (TPSA) is 20.3 Å². The Morgan fingerprint density at radius 1 is 1.27 bits per heavy atom. The smallest absolute Gasteiger partial charge is 0.260 e. The largest absolute Gasteiger partial charge is 0.326 e. The lowest BCUT2D eigenvalue weighted by Gasteiger charge is -2.43. The SMILES string of the molecule is CC[N@+]1(C)CC[C@@H]2[C@@H](C1)c1cc(C)ccc1N2C(=O)c1ccccc1Cl. The first kappa shape index (κ1) is 17.6. The number of likely N-dealkylation sites (tertiary alicyclic amines) is 1. The molecule has 1 saturated heterocycles. The second-order valence-electron chi connectivity index (χ2n) is 8.02. The fraction of sp³-hybridized carbons (Fsp3) is 0.409. The molecule has 136 valence electrons. The first-order valence-electron chi connectivity index (χ1n) is 9.46. The lowest BCUT2D eigenvalue weighted by molar-refractivity contribution is -0.913. The van der Waals surface area contributed by atoms with Gasteiger partial charge in [0, 0.05) is 12.1 Å². The quantitative estimate of drug-likeness (QED) is 0.706. The van der Waals surface area contributed by atoms with Crippen molar-refractivity contribution in [2.24, 2.45) is 0 Å². The Balaban J connectivity index is 1.79. The zero-order valence-electron chi connectivity index (χ0n) is 15.7. The van der Waals surface area contributed by atoms with Crippen LogP contribution in [0.1, 0.15) is 40.7 Å². The summed E-state index contributed by atoms with van der Waals surface area (Å²) >= 11 is 6.34. The Labute approximate surface area is 160 Å². The third kappa shape index (κ3) is 2.74. The minimum Gasteiger partial charge on any atom is -0.326 e. The number of carbonyl (C=O) groups excluding carboxylic acids is 1. The van der Waals surface area contributed by atoms with Crippen molar-refractivity contribution in [1.82, 2.24) is 0 Å². The van der Waals surface area contributed by atoms with Gasteiger partial charge in [0.2, 0.25) is 0 Å². The Hall–Kier alpha value is -1.84. The van der Waals surface area contributed by atoms with Crippen LogP contribution in [0, 0.1) is 6.92 Å². The molecule has 0 unspecified atom stereocenters. The summed E-state index contributed by atoms with van der Waals surface area (Å²) in [4.78, 5) is 15.5. The van der Waals surface area contributed by atoms with E-state index in [0.717, 1.165) is 36.2 Å². The third-order valence-electron chi connectivity index (χ3n) is 6.33. The van der Waals surface area contributed by atoms with Gasteiger partial charge >= 0.3 is 0 Å². The van der Waals surface area contributed by atoms with E-state index in [-0.39, 0.29) is 11.9 Å². The molecule has 3 atom stereocenters. The van der Waals surface area contributed by atoms with Crippen molar-refractivity contribution in [3.8, 4) is 0 Å². The number of amides is 1. The van der Waals surface area contributed by atoms with Gasteiger partial charge in [0.1, 0.15) is 0 Å². The van der Waals surface area contributed by atoms with Crippen LogP contribution in [0.15, 0.2) is 42.5 Å². The van der Waals surface area contributed by atoms with Gasteiger partial charge in [-0.2, -0.15) is 0 Å². The zero-order chi connectivity index (χ0) is 18.5. The molecule has 4 rings (SSSR count). The molecule has 0 spiro atoms. The summed E-state index contributed by atoms with van der Waals surface area (Å²) in [5, 5.41) is 0.527. The number of nitrogens with zero attached hydrogens (tertiary/aromatic N) is 2. The van der Waals surface area contributed by atoms with E-state index in [1.807, 2.05) is 23.1 Å². The lowest BCUT2D eigenvalue weighted by Crippen LogP contribution is -2.56. The first-order chi connectivity index (χ1) is 12.4. The van der Waals surface area contributed by atoms with E-state index in [4.69, 9.17) is 11.6 Å². The number of quaternary nitrogens is 1. The minimum atomic E-state index is 0.0285. The van der Waals surface area contributed by atoms with Crippen LogP contribution in [-0.4, -0.2) is 43.1 Å². The number of fused-ring (bicyclic) bond motifs is 3. The number of anilines is 1. The van der Waals surface area contributed by atoms with Gasteiger partial charge in [-0.15, -0.1) is 0 Å². The Kier molecular flexibility index (Phi) is 4.32. The first-order valence-corrected chi connectivity index (χ1v) is 9.83. The molecule has 0 radical (unpaired) electrons. The highest BCUT2D eigenvalue weighted by molar-refractivity contribution is 6.34. The molecule has 2 aliphatic heterocycles. The molecular formula is C22H26ClN2O+. The summed E-state index contributed by atoms with van der Waals surface area (Å²) in [5.41, 5.74) is 4.25. The van der Waals surface area contributed by atoms with Crippen molar-refractivity contribution >= 4 is 23.2 Å². The van der Waals surface area contributed by atoms with Crippen molar-refractivity contribution in [2.75, 3.05) is 31.6 Å². The van der Waals surface area contributed by atoms with E-state index in [1.54, 1.807) is 6.07 Å². The molecule has 3 nitrogen and oxygen atoms in total. The summed E-state index contributed by atoms with van der Waals surface area (Å²) in [6, 6.07) is 14.1. The molecule has 2 aromatic rings. The van der Waals surface area contributed by atoms with Crippen LogP contribution in [0.4, 0.5) is 5.69 Å². The predicted octanol–water partition coefficient (Wildman–Crippen LogP) is 4.63. The maximum absolute atomic E-state index is 13.4. The van der Waals surface area contributed by atoms with Gasteiger partial charge in [-0.05, 0) is 37.6 Å². The fourth-order valence-electron chi connectivity index (χ4n) is 4.63. The maximum atomic E-state index is 13.4. The number of hydrogen-bond donors (Lipinski definition) is 0. The van der Waals surface area contributed by atoms with E-state index in [1.165, 1.54) is 11.1 Å². The molecule has 2 aliphatic rings. The molecule has 0 aromatic heterocycles. The van der Waals surface area contributed by atoms with Gasteiger partial charge in [0.25, 0.3) is 5.91 Å². The normalized spacial score (nSPS) is 27.2. The molecule has 2 heterocycles. The summed E-state index contributed by atoms with van der Waals surface area (Å²) in [7, 11) is 2.34. The van der Waals surface area contributed by atoms with Crippen LogP contribution in [0.3, 0.4) is 0 Å². The maximum Gasteiger partial charge on any atom is 0.260 e. The van der Waals surface area contributed by atoms with E-state index in [9.17, 15) is 4.79 Å². The van der Waals surface area contributed by atoms with Crippen LogP contribution in [0.5, 0.6) is 0 Å². The average Bonchev–Trinajstić information content (AvgIpc) is 2.94. The highest BCUT2D eigenvalue weighted by Crippen LogP contribution is 2.47. The number of benzene rings is 2. The number of aryl methyl sites for hydroxylation is 1. The van der Waals surface area contributed by atoms with Crippen LogP contribution >= 0.6 is 11.6 Å². The summed E-state index contributed by atoms with van der Waals surface area (Å²) in [6.45, 7) is 7.72. The molecule has 26 heavy (non-hydrogen) atoms. The third-order valence-corrected chi connectivity index (χ3v) is 6.66. The molecule has 2 aromatic carbocycles. The average molecular weight is 370 g/mol. The van der Waals surface area contributed by atoms with Crippen molar-refractivity contribution in [3.05, 3.63) is 64.2 Å². The van der Waals surface area contributed by atoms with Gasteiger partial charge in [-0.1, -0.05) is 41.4 Å². The standard InChI is InChI=1S/C22H26ClN2O/c1-4-25(3)12-11-21-18(14-25)17-13-15(2)9-10-20(17)24(21)22(26)16-7-5-6-8-19(16)23/h5-10,13,18,21H,4,11-12,14H2,1-3H3/q+1/t18-,21+,25+/m0/s1.